The predicted molar refractivity (Wildman–Crippen MR) is 58.6 cm³/mol. The lowest BCUT2D eigenvalue weighted by atomic mass is 10.1. The summed E-state index contributed by atoms with van der Waals surface area (Å²) in [6.45, 7) is 2.92. The molecular formula is C12H11NO5. The molecule has 1 saturated heterocycles. The van der Waals surface area contributed by atoms with Gasteiger partial charge in [0.15, 0.2) is 11.5 Å². The van der Waals surface area contributed by atoms with Gasteiger partial charge in [-0.3, -0.25) is 9.69 Å². The van der Waals surface area contributed by atoms with Crippen LogP contribution in [0, 0.1) is 0 Å². The van der Waals surface area contributed by atoms with Gasteiger partial charge in [0.1, 0.15) is 5.75 Å². The van der Waals surface area contributed by atoms with Gasteiger partial charge in [-0.15, -0.1) is 0 Å². The molecule has 0 spiro atoms. The van der Waals surface area contributed by atoms with E-state index in [-0.39, 0.29) is 12.7 Å². The number of benzene rings is 1. The number of hydrogen-bond acceptors (Lipinski definition) is 5. The first-order chi connectivity index (χ1) is 8.67. The highest BCUT2D eigenvalue weighted by Gasteiger charge is 2.48. The fraction of sp³-hybridized carbons (Fsp3) is 0.417. The molecule has 3 aliphatic rings. The number of carbonyl (C=O) groups is 1. The number of ether oxygens (including phenoxy) is 4. The van der Waals surface area contributed by atoms with Crippen LogP contribution < -0.4 is 14.2 Å². The highest BCUT2D eigenvalue weighted by Crippen LogP contribution is 2.43. The second-order valence-electron chi connectivity index (χ2n) is 4.51. The molecule has 1 amide bonds. The minimum atomic E-state index is -1.00. The lowest BCUT2D eigenvalue weighted by molar-refractivity contribution is -0.200. The van der Waals surface area contributed by atoms with Gasteiger partial charge in [-0.25, -0.2) is 0 Å². The Morgan fingerprint density at radius 1 is 1.22 bits per heavy atom. The fourth-order valence-corrected chi connectivity index (χ4v) is 2.50. The molecule has 1 fully saturated rings. The van der Waals surface area contributed by atoms with Crippen LogP contribution in [0.5, 0.6) is 17.2 Å². The van der Waals surface area contributed by atoms with Crippen molar-refractivity contribution in [3.63, 3.8) is 0 Å². The van der Waals surface area contributed by atoms with Crippen LogP contribution in [0.2, 0.25) is 0 Å². The summed E-state index contributed by atoms with van der Waals surface area (Å²) in [4.78, 5) is 14.0. The second-order valence-corrected chi connectivity index (χ2v) is 4.51. The van der Waals surface area contributed by atoms with Crippen molar-refractivity contribution in [1.82, 2.24) is 4.90 Å². The Hall–Kier alpha value is -1.95. The average Bonchev–Trinajstić information content (AvgIpc) is 2.92. The molecule has 0 saturated carbocycles. The van der Waals surface area contributed by atoms with Gasteiger partial charge in [0.05, 0.1) is 18.7 Å². The van der Waals surface area contributed by atoms with Crippen LogP contribution in [0.25, 0.3) is 0 Å². The molecular weight excluding hydrogens is 238 g/mol. The van der Waals surface area contributed by atoms with Crippen LogP contribution >= 0.6 is 0 Å². The largest absolute Gasteiger partial charge is 0.454 e. The molecule has 18 heavy (non-hydrogen) atoms. The summed E-state index contributed by atoms with van der Waals surface area (Å²) >= 11 is 0. The first kappa shape index (κ1) is 10.0. The number of amides is 1. The molecule has 1 atom stereocenters. The van der Waals surface area contributed by atoms with Gasteiger partial charge in [-0.1, -0.05) is 0 Å². The van der Waals surface area contributed by atoms with Crippen LogP contribution in [0.3, 0.4) is 0 Å². The van der Waals surface area contributed by atoms with E-state index >= 15 is 0 Å². The third kappa shape index (κ3) is 1.13. The zero-order chi connectivity index (χ0) is 12.3. The summed E-state index contributed by atoms with van der Waals surface area (Å²) in [5.41, 5.74) is 0.488. The van der Waals surface area contributed by atoms with E-state index in [2.05, 4.69) is 0 Å². The van der Waals surface area contributed by atoms with Crippen molar-refractivity contribution >= 4 is 5.91 Å². The minimum absolute atomic E-state index is 0.102. The topological polar surface area (TPSA) is 57.2 Å². The summed E-state index contributed by atoms with van der Waals surface area (Å²) in [5.74, 6) is 0.545. The Bertz CT molecular complexity index is 558. The van der Waals surface area contributed by atoms with Crippen molar-refractivity contribution in [3.05, 3.63) is 17.7 Å². The number of fused-ring (bicyclic) bond motifs is 3. The highest BCUT2D eigenvalue weighted by molar-refractivity contribution is 5.99. The maximum absolute atomic E-state index is 12.4. The molecule has 94 valence electrons. The monoisotopic (exact) mass is 249 g/mol. The zero-order valence-corrected chi connectivity index (χ0v) is 9.76. The summed E-state index contributed by atoms with van der Waals surface area (Å²) < 4.78 is 21.8. The van der Waals surface area contributed by atoms with E-state index in [0.717, 1.165) is 0 Å². The summed E-state index contributed by atoms with van der Waals surface area (Å²) in [5, 5.41) is 0. The third-order valence-corrected chi connectivity index (χ3v) is 3.42. The van der Waals surface area contributed by atoms with Crippen molar-refractivity contribution in [1.29, 1.82) is 0 Å². The second kappa shape index (κ2) is 3.08. The highest BCUT2D eigenvalue weighted by atomic mass is 16.7. The Balaban J connectivity index is 1.87. The van der Waals surface area contributed by atoms with Gasteiger partial charge in [0, 0.05) is 19.1 Å². The number of nitrogens with zero attached hydrogens (tertiary/aromatic N) is 1. The van der Waals surface area contributed by atoms with Crippen molar-refractivity contribution in [2.45, 2.75) is 12.8 Å². The van der Waals surface area contributed by atoms with Gasteiger partial charge in [-0.05, 0) is 0 Å². The molecule has 4 rings (SSSR count). The number of carbonyl (C=O) groups excluding carboxylic acids is 1. The maximum atomic E-state index is 12.4. The first-order valence-corrected chi connectivity index (χ1v) is 5.76. The molecule has 1 unspecified atom stereocenters. The molecule has 6 nitrogen and oxygen atoms in total. The van der Waals surface area contributed by atoms with Gasteiger partial charge in [0.2, 0.25) is 6.79 Å². The maximum Gasteiger partial charge on any atom is 0.294 e. The molecule has 0 aromatic heterocycles. The Morgan fingerprint density at radius 2 is 2.00 bits per heavy atom. The lowest BCUT2D eigenvalue weighted by Crippen LogP contribution is -2.53. The van der Waals surface area contributed by atoms with Crippen LogP contribution in [-0.2, 0) is 4.74 Å². The number of hydrogen-bond donors (Lipinski definition) is 0. The van der Waals surface area contributed by atoms with E-state index in [9.17, 15) is 4.79 Å². The third-order valence-electron chi connectivity index (χ3n) is 3.42. The van der Waals surface area contributed by atoms with E-state index in [0.29, 0.717) is 36.0 Å². The van der Waals surface area contributed by atoms with Gasteiger partial charge in [0.25, 0.3) is 11.8 Å². The Kier molecular flexibility index (Phi) is 1.71. The summed E-state index contributed by atoms with van der Waals surface area (Å²) in [6, 6.07) is 3.34. The molecule has 6 heteroatoms. The van der Waals surface area contributed by atoms with Gasteiger partial charge < -0.3 is 18.9 Å². The van der Waals surface area contributed by atoms with E-state index in [4.69, 9.17) is 18.9 Å². The first-order valence-electron chi connectivity index (χ1n) is 5.76. The predicted octanol–water partition coefficient (Wildman–Crippen LogP) is 0.954. The average molecular weight is 249 g/mol. The molecule has 1 aromatic carbocycles. The SMILES string of the molecule is CC12OCCN1C(=O)c1cc3c(cc1O2)OCO3. The summed E-state index contributed by atoms with van der Waals surface area (Å²) in [6.07, 6.45) is 0. The van der Waals surface area contributed by atoms with Gasteiger partial charge in [-0.2, -0.15) is 0 Å². The zero-order valence-electron chi connectivity index (χ0n) is 9.76. The molecule has 0 aliphatic carbocycles. The smallest absolute Gasteiger partial charge is 0.294 e. The van der Waals surface area contributed by atoms with Crippen molar-refractivity contribution in [3.8, 4) is 17.2 Å². The summed E-state index contributed by atoms with van der Waals surface area (Å²) in [7, 11) is 0. The van der Waals surface area contributed by atoms with E-state index < -0.39 is 5.91 Å². The van der Waals surface area contributed by atoms with Crippen molar-refractivity contribution in [2.24, 2.45) is 0 Å². The molecule has 0 bridgehead atoms. The fourth-order valence-electron chi connectivity index (χ4n) is 2.50. The van der Waals surface area contributed by atoms with Crippen LogP contribution in [0.1, 0.15) is 17.3 Å². The number of rotatable bonds is 0. The van der Waals surface area contributed by atoms with Crippen molar-refractivity contribution < 1.29 is 23.7 Å². The normalized spacial score (nSPS) is 27.8. The minimum Gasteiger partial charge on any atom is -0.454 e. The van der Waals surface area contributed by atoms with Crippen LogP contribution in [0.15, 0.2) is 12.1 Å². The lowest BCUT2D eigenvalue weighted by Gasteiger charge is -2.38. The quantitative estimate of drug-likeness (QED) is 0.685. The molecule has 3 heterocycles. The van der Waals surface area contributed by atoms with E-state index in [1.165, 1.54) is 0 Å². The van der Waals surface area contributed by atoms with E-state index in [1.807, 2.05) is 0 Å². The van der Waals surface area contributed by atoms with E-state index in [1.54, 1.807) is 24.0 Å². The van der Waals surface area contributed by atoms with Gasteiger partial charge >= 0.3 is 0 Å². The molecule has 0 N–H and O–H groups in total. The molecule has 1 aromatic rings. The van der Waals surface area contributed by atoms with Crippen LogP contribution in [0.4, 0.5) is 0 Å². The molecule has 3 aliphatic heterocycles. The standard InChI is InChI=1S/C12H11NO5/c1-12-13(2-3-17-12)11(14)7-4-9-10(16-6-15-9)5-8(7)18-12/h4-5H,2-3,6H2,1H3. The molecule has 0 radical (unpaired) electrons. The Labute approximate surface area is 103 Å². The Morgan fingerprint density at radius 3 is 2.83 bits per heavy atom. The van der Waals surface area contributed by atoms with Crippen molar-refractivity contribution in [2.75, 3.05) is 19.9 Å². The van der Waals surface area contributed by atoms with Crippen LogP contribution in [-0.4, -0.2) is 36.7 Å².